The second kappa shape index (κ2) is 6.82. The van der Waals surface area contributed by atoms with Crippen LogP contribution in [0.5, 0.6) is 0 Å². The molecule has 0 fully saturated rings. The minimum Gasteiger partial charge on any atom is -0.302 e. The summed E-state index contributed by atoms with van der Waals surface area (Å²) in [5, 5.41) is 7.18. The fourth-order valence-electron chi connectivity index (χ4n) is 3.49. The van der Waals surface area contributed by atoms with Gasteiger partial charge < -0.3 is 4.79 Å². The van der Waals surface area contributed by atoms with Crippen molar-refractivity contribution in [3.05, 3.63) is 34.1 Å². The second-order valence-corrected chi connectivity index (χ2v) is 7.13. The number of hydrogen-bond acceptors (Lipinski definition) is 4. The van der Waals surface area contributed by atoms with Gasteiger partial charge in [-0.15, -0.1) is 10.2 Å². The first-order chi connectivity index (χ1) is 11.8. The summed E-state index contributed by atoms with van der Waals surface area (Å²) in [7, 11) is 0. The van der Waals surface area contributed by atoms with Gasteiger partial charge in [0.1, 0.15) is 6.29 Å². The van der Waals surface area contributed by atoms with Gasteiger partial charge in [0.25, 0.3) is 0 Å². The topological polar surface area (TPSA) is 47.8 Å². The van der Waals surface area contributed by atoms with Crippen molar-refractivity contribution >= 4 is 18.0 Å². The van der Waals surface area contributed by atoms with Gasteiger partial charge in [0.2, 0.25) is 5.82 Å². The molecule has 0 unspecified atom stereocenters. The van der Waals surface area contributed by atoms with Crippen molar-refractivity contribution < 1.29 is 18.0 Å². The van der Waals surface area contributed by atoms with E-state index in [2.05, 4.69) is 10.2 Å². The molecule has 0 aliphatic heterocycles. The van der Waals surface area contributed by atoms with Crippen molar-refractivity contribution in [2.45, 2.75) is 50.9 Å². The van der Waals surface area contributed by atoms with E-state index in [9.17, 15) is 18.0 Å². The van der Waals surface area contributed by atoms with Crippen molar-refractivity contribution in [2.24, 2.45) is 0 Å². The number of carbonyl (C=O) groups is 1. The maximum Gasteiger partial charge on any atom is 0.452 e. The zero-order valence-electron chi connectivity index (χ0n) is 14.0. The van der Waals surface area contributed by atoms with E-state index in [0.29, 0.717) is 12.0 Å². The number of benzene rings is 1. The average Bonchev–Trinajstić information content (AvgIpc) is 2.97. The summed E-state index contributed by atoms with van der Waals surface area (Å²) < 4.78 is 41.6. The second-order valence-electron chi connectivity index (χ2n) is 6.14. The third-order valence-corrected chi connectivity index (χ3v) is 5.25. The number of aldehydes is 1. The number of aromatic nitrogens is 3. The summed E-state index contributed by atoms with van der Waals surface area (Å²) in [6.07, 6.45) is -0.379. The van der Waals surface area contributed by atoms with E-state index >= 15 is 0 Å². The third kappa shape index (κ3) is 3.31. The molecule has 0 radical (unpaired) electrons. The van der Waals surface area contributed by atoms with E-state index < -0.39 is 12.0 Å². The van der Waals surface area contributed by atoms with E-state index in [1.165, 1.54) is 0 Å². The SMILES string of the molecule is Cc1cc(C)c(-n2c(SCC=O)nnc2C(F)(F)F)c2c1CCCC2. The number of thioether (sulfide) groups is 1. The molecule has 8 heteroatoms. The van der Waals surface area contributed by atoms with E-state index in [0.717, 1.165) is 64.3 Å². The molecular weight excluding hydrogens is 351 g/mol. The highest BCUT2D eigenvalue weighted by atomic mass is 32.2. The molecule has 0 N–H and O–H groups in total. The molecule has 1 aliphatic carbocycles. The van der Waals surface area contributed by atoms with E-state index in [-0.39, 0.29) is 10.9 Å². The van der Waals surface area contributed by atoms with Crippen LogP contribution in [-0.4, -0.2) is 26.8 Å². The highest BCUT2D eigenvalue weighted by Gasteiger charge is 2.40. The Bertz CT molecular complexity index is 814. The Morgan fingerprint density at radius 1 is 1.16 bits per heavy atom. The Hall–Kier alpha value is -1.83. The lowest BCUT2D eigenvalue weighted by atomic mass is 9.85. The molecule has 0 saturated heterocycles. The summed E-state index contributed by atoms with van der Waals surface area (Å²) in [5.41, 5.74) is 4.46. The number of alkyl halides is 3. The van der Waals surface area contributed by atoms with Crippen LogP contribution in [0.4, 0.5) is 13.2 Å². The van der Waals surface area contributed by atoms with Crippen LogP contribution in [0.2, 0.25) is 0 Å². The van der Waals surface area contributed by atoms with Crippen molar-refractivity contribution in [1.82, 2.24) is 14.8 Å². The fraction of sp³-hybridized carbons (Fsp3) is 0.471. The van der Waals surface area contributed by atoms with Gasteiger partial charge in [0, 0.05) is 0 Å². The lowest BCUT2D eigenvalue weighted by Gasteiger charge is -2.25. The number of hydrogen-bond donors (Lipinski definition) is 0. The van der Waals surface area contributed by atoms with Gasteiger partial charge in [-0.25, -0.2) is 0 Å². The molecule has 0 spiro atoms. The van der Waals surface area contributed by atoms with Crippen LogP contribution in [-0.2, 0) is 23.8 Å². The van der Waals surface area contributed by atoms with Crippen LogP contribution in [0.3, 0.4) is 0 Å². The predicted molar refractivity (Wildman–Crippen MR) is 89.3 cm³/mol. The molecule has 1 aromatic carbocycles. The third-order valence-electron chi connectivity index (χ3n) is 4.43. The van der Waals surface area contributed by atoms with Gasteiger partial charge in [-0.1, -0.05) is 17.8 Å². The highest BCUT2D eigenvalue weighted by molar-refractivity contribution is 7.99. The number of aryl methyl sites for hydroxylation is 2. The number of halogens is 3. The molecule has 4 nitrogen and oxygen atoms in total. The van der Waals surface area contributed by atoms with Gasteiger partial charge in [0.05, 0.1) is 11.4 Å². The molecule has 3 rings (SSSR count). The molecule has 25 heavy (non-hydrogen) atoms. The zero-order chi connectivity index (χ0) is 18.2. The minimum absolute atomic E-state index is 0.0308. The van der Waals surface area contributed by atoms with Crippen LogP contribution in [0, 0.1) is 13.8 Å². The molecule has 0 amide bonds. The van der Waals surface area contributed by atoms with Crippen molar-refractivity contribution in [1.29, 1.82) is 0 Å². The Morgan fingerprint density at radius 3 is 2.48 bits per heavy atom. The molecule has 0 saturated carbocycles. The summed E-state index contributed by atoms with van der Waals surface area (Å²) in [5.74, 6) is -1.01. The van der Waals surface area contributed by atoms with E-state index in [1.807, 2.05) is 19.9 Å². The number of rotatable bonds is 4. The predicted octanol–water partition coefficient (Wildman–Crippen LogP) is 4.07. The highest BCUT2D eigenvalue weighted by Crippen LogP contribution is 2.38. The quantitative estimate of drug-likeness (QED) is 0.602. The molecule has 0 bridgehead atoms. The first kappa shape index (κ1) is 18.0. The number of nitrogens with zero attached hydrogens (tertiary/aromatic N) is 3. The largest absolute Gasteiger partial charge is 0.452 e. The van der Waals surface area contributed by atoms with Crippen LogP contribution in [0.1, 0.15) is 40.9 Å². The Kier molecular flexibility index (Phi) is 4.90. The van der Waals surface area contributed by atoms with Gasteiger partial charge in [-0.2, -0.15) is 13.2 Å². The van der Waals surface area contributed by atoms with Crippen LogP contribution < -0.4 is 0 Å². The molecule has 1 aromatic heterocycles. The number of carbonyl (C=O) groups excluding carboxylic acids is 1. The summed E-state index contributed by atoms with van der Waals surface area (Å²) >= 11 is 0.964. The molecule has 134 valence electrons. The summed E-state index contributed by atoms with van der Waals surface area (Å²) in [6, 6.07) is 1.92. The average molecular weight is 369 g/mol. The van der Waals surface area contributed by atoms with Crippen LogP contribution in [0.15, 0.2) is 11.2 Å². The lowest BCUT2D eigenvalue weighted by molar-refractivity contribution is -0.146. The number of fused-ring (bicyclic) bond motifs is 1. The Labute approximate surface area is 147 Å². The molecular formula is C17H18F3N3OS. The summed E-state index contributed by atoms with van der Waals surface area (Å²) in [6.45, 7) is 3.81. The maximum atomic E-state index is 13.5. The molecule has 1 aliphatic rings. The first-order valence-corrected chi connectivity index (χ1v) is 9.04. The smallest absolute Gasteiger partial charge is 0.302 e. The van der Waals surface area contributed by atoms with E-state index in [4.69, 9.17) is 0 Å². The molecule has 1 heterocycles. The maximum absolute atomic E-state index is 13.5. The van der Waals surface area contributed by atoms with Crippen LogP contribution in [0.25, 0.3) is 5.69 Å². The fourth-order valence-corrected chi connectivity index (χ4v) is 4.11. The zero-order valence-corrected chi connectivity index (χ0v) is 14.8. The first-order valence-electron chi connectivity index (χ1n) is 8.06. The lowest BCUT2D eigenvalue weighted by Crippen LogP contribution is -2.19. The van der Waals surface area contributed by atoms with Crippen LogP contribution >= 0.6 is 11.8 Å². The van der Waals surface area contributed by atoms with Crippen molar-refractivity contribution in [3.63, 3.8) is 0 Å². The normalized spacial score (nSPS) is 14.4. The Morgan fingerprint density at radius 2 is 1.84 bits per heavy atom. The van der Waals surface area contributed by atoms with E-state index in [1.54, 1.807) is 0 Å². The summed E-state index contributed by atoms with van der Waals surface area (Å²) in [4.78, 5) is 10.7. The monoisotopic (exact) mass is 369 g/mol. The van der Waals surface area contributed by atoms with Crippen molar-refractivity contribution in [2.75, 3.05) is 5.75 Å². The Balaban J connectivity index is 2.28. The van der Waals surface area contributed by atoms with Gasteiger partial charge in [-0.05, 0) is 61.8 Å². The molecule has 2 aromatic rings. The van der Waals surface area contributed by atoms with Gasteiger partial charge in [0.15, 0.2) is 5.16 Å². The van der Waals surface area contributed by atoms with Gasteiger partial charge >= 0.3 is 6.18 Å². The molecule has 0 atom stereocenters. The van der Waals surface area contributed by atoms with Gasteiger partial charge in [-0.3, -0.25) is 4.57 Å². The minimum atomic E-state index is -4.62. The standard InChI is InChI=1S/C17H18F3N3OS/c1-10-9-11(2)14(13-6-4-3-5-12(10)13)23-15(17(18,19)20)21-22-16(23)25-8-7-24/h7,9H,3-6,8H2,1-2H3. The van der Waals surface area contributed by atoms with Crippen molar-refractivity contribution in [3.8, 4) is 5.69 Å².